The number of benzene rings is 2. The number of aliphatic hydroxyl groups excluding tert-OH is 1. The van der Waals surface area contributed by atoms with Crippen LogP contribution < -0.4 is 9.47 Å². The summed E-state index contributed by atoms with van der Waals surface area (Å²) in [6, 6.07) is 7.05. The Morgan fingerprint density at radius 2 is 1.92 bits per heavy atom. The zero-order valence-electron chi connectivity index (χ0n) is 15.8. The molecule has 0 unspecified atom stereocenters. The molecule has 0 aromatic heterocycles. The minimum absolute atomic E-state index is 0.449. The maximum absolute atomic E-state index is 9.70. The van der Waals surface area contributed by atoms with E-state index >= 15 is 0 Å². The van der Waals surface area contributed by atoms with Gasteiger partial charge in [0.15, 0.2) is 11.5 Å². The predicted octanol–water partition coefficient (Wildman–Crippen LogP) is 3.77. The fourth-order valence-corrected chi connectivity index (χ4v) is 4.45. The summed E-state index contributed by atoms with van der Waals surface area (Å²) in [6.45, 7) is 3.96. The van der Waals surface area contributed by atoms with Crippen LogP contribution in [0.2, 0.25) is 0 Å². The van der Waals surface area contributed by atoms with E-state index in [2.05, 4.69) is 29.2 Å². The lowest BCUT2D eigenvalue weighted by atomic mass is 9.86. The summed E-state index contributed by atoms with van der Waals surface area (Å²) in [5.41, 5.74) is 4.02. The van der Waals surface area contributed by atoms with E-state index in [1.54, 1.807) is 21.1 Å². The fraction of sp³-hybridized carbons (Fsp3) is 0.455. The van der Waals surface area contributed by atoms with E-state index in [-0.39, 0.29) is 0 Å². The Kier molecular flexibility index (Phi) is 4.63. The first-order valence-electron chi connectivity index (χ1n) is 9.41. The van der Waals surface area contributed by atoms with Crippen molar-refractivity contribution in [1.29, 1.82) is 0 Å². The van der Waals surface area contributed by atoms with E-state index in [4.69, 9.17) is 9.47 Å². The molecule has 2 heterocycles. The molecule has 0 amide bonds. The summed E-state index contributed by atoms with van der Waals surface area (Å²) in [7, 11) is 3.36. The Bertz CT molecular complexity index is 856. The van der Waals surface area contributed by atoms with Crippen molar-refractivity contribution >= 4 is 16.8 Å². The normalized spacial score (nSPS) is 21.0. The Hall–Kier alpha value is -2.04. The third-order valence-corrected chi connectivity index (χ3v) is 5.76. The average Bonchev–Trinajstić information content (AvgIpc) is 3.10. The van der Waals surface area contributed by atoms with Crippen LogP contribution in [0.25, 0.3) is 16.8 Å². The van der Waals surface area contributed by atoms with Crippen molar-refractivity contribution in [1.82, 2.24) is 4.90 Å². The van der Waals surface area contributed by atoms with Gasteiger partial charge in [-0.2, -0.15) is 0 Å². The second kappa shape index (κ2) is 6.93. The van der Waals surface area contributed by atoms with Gasteiger partial charge in [-0.3, -0.25) is 4.90 Å². The molecule has 4 heteroatoms. The Balaban J connectivity index is 1.93. The summed E-state index contributed by atoms with van der Waals surface area (Å²) in [5, 5.41) is 12.1. The Labute approximate surface area is 155 Å². The molecular weight excluding hydrogens is 326 g/mol. The summed E-state index contributed by atoms with van der Waals surface area (Å²) in [4.78, 5) is 2.61. The molecule has 2 aliphatic heterocycles. The molecule has 0 spiro atoms. The van der Waals surface area contributed by atoms with Gasteiger partial charge in [0.2, 0.25) is 0 Å². The predicted molar refractivity (Wildman–Crippen MR) is 105 cm³/mol. The van der Waals surface area contributed by atoms with Crippen molar-refractivity contribution in [2.75, 3.05) is 20.8 Å². The Morgan fingerprint density at radius 1 is 1.15 bits per heavy atom. The molecule has 0 bridgehead atoms. The van der Waals surface area contributed by atoms with Gasteiger partial charge in [-0.25, -0.2) is 0 Å². The molecule has 1 N–H and O–H groups in total. The lowest BCUT2D eigenvalue weighted by Crippen LogP contribution is -2.35. The molecule has 2 aliphatic rings. The van der Waals surface area contributed by atoms with Gasteiger partial charge >= 0.3 is 0 Å². The number of ether oxygens (including phenoxy) is 2. The summed E-state index contributed by atoms with van der Waals surface area (Å²) < 4.78 is 11.1. The number of aliphatic hydroxyl groups is 1. The highest BCUT2D eigenvalue weighted by Gasteiger charge is 2.32. The first kappa shape index (κ1) is 17.4. The van der Waals surface area contributed by atoms with E-state index in [0.29, 0.717) is 6.04 Å². The van der Waals surface area contributed by atoms with Crippen molar-refractivity contribution in [3.05, 3.63) is 41.0 Å². The van der Waals surface area contributed by atoms with Crippen LogP contribution in [-0.4, -0.2) is 42.9 Å². The first-order valence-corrected chi connectivity index (χ1v) is 9.41. The molecular formula is C22H27NO3. The molecule has 138 valence electrons. The largest absolute Gasteiger partial charge is 0.493 e. The first-order chi connectivity index (χ1) is 12.6. The highest BCUT2D eigenvalue weighted by Crippen LogP contribution is 2.40. The standard InChI is InChI=1S/C22H27NO3/c1-14(24)6-7-15-9-16-10-21(25-2)22(26-3)12-18(16)19-11-17-5-4-8-23(17)13-20(15)19/h6-7,9-10,12,14,17,24H,4-5,8,11,13H2,1-3H3/t14-,17+/m0/s1. The molecule has 0 aliphatic carbocycles. The van der Waals surface area contributed by atoms with Crippen LogP contribution in [0, 0.1) is 0 Å². The highest BCUT2D eigenvalue weighted by atomic mass is 16.5. The van der Waals surface area contributed by atoms with E-state index < -0.39 is 6.10 Å². The van der Waals surface area contributed by atoms with Gasteiger partial charge in [0.25, 0.3) is 0 Å². The second-order valence-corrected chi connectivity index (χ2v) is 7.42. The van der Waals surface area contributed by atoms with Crippen molar-refractivity contribution in [3.8, 4) is 11.5 Å². The molecule has 1 fully saturated rings. The zero-order chi connectivity index (χ0) is 18.3. The van der Waals surface area contributed by atoms with Gasteiger partial charge in [0.1, 0.15) is 0 Å². The molecule has 2 aromatic rings. The molecule has 4 rings (SSSR count). The minimum Gasteiger partial charge on any atom is -0.493 e. The molecule has 4 nitrogen and oxygen atoms in total. The molecule has 2 atom stereocenters. The topological polar surface area (TPSA) is 41.9 Å². The van der Waals surface area contributed by atoms with E-state index in [1.807, 2.05) is 6.08 Å². The number of fused-ring (bicyclic) bond motifs is 4. The van der Waals surface area contributed by atoms with E-state index in [9.17, 15) is 5.11 Å². The summed E-state index contributed by atoms with van der Waals surface area (Å²) in [5.74, 6) is 1.53. The molecule has 0 saturated carbocycles. The van der Waals surface area contributed by atoms with Crippen LogP contribution >= 0.6 is 0 Å². The number of hydrogen-bond acceptors (Lipinski definition) is 4. The SMILES string of the molecule is COc1cc2cc(C=C[C@H](C)O)c3c(c2cc1OC)C[C@H]1CCCN1C3. The smallest absolute Gasteiger partial charge is 0.161 e. The van der Waals surface area contributed by atoms with E-state index in [0.717, 1.165) is 29.9 Å². The number of hydrogen-bond donors (Lipinski definition) is 1. The minimum atomic E-state index is -0.449. The fourth-order valence-electron chi connectivity index (χ4n) is 4.45. The van der Waals surface area contributed by atoms with Crippen LogP contribution in [0.5, 0.6) is 11.5 Å². The summed E-state index contributed by atoms with van der Waals surface area (Å²) in [6.07, 6.45) is 7.12. The molecule has 2 aromatic carbocycles. The van der Waals surface area contributed by atoms with Crippen LogP contribution in [0.15, 0.2) is 24.3 Å². The monoisotopic (exact) mass is 353 g/mol. The molecule has 0 radical (unpaired) electrons. The lowest BCUT2D eigenvalue weighted by Gasteiger charge is -2.33. The number of nitrogens with zero attached hydrogens (tertiary/aromatic N) is 1. The lowest BCUT2D eigenvalue weighted by molar-refractivity contribution is 0.228. The average molecular weight is 353 g/mol. The maximum Gasteiger partial charge on any atom is 0.161 e. The van der Waals surface area contributed by atoms with Crippen molar-refractivity contribution in [2.45, 2.75) is 44.9 Å². The van der Waals surface area contributed by atoms with Gasteiger partial charge in [-0.05, 0) is 78.4 Å². The summed E-state index contributed by atoms with van der Waals surface area (Å²) >= 11 is 0. The zero-order valence-corrected chi connectivity index (χ0v) is 15.8. The Morgan fingerprint density at radius 3 is 2.65 bits per heavy atom. The molecule has 1 saturated heterocycles. The quantitative estimate of drug-likeness (QED) is 0.908. The van der Waals surface area contributed by atoms with Crippen LogP contribution in [-0.2, 0) is 13.0 Å². The van der Waals surface area contributed by atoms with Gasteiger partial charge < -0.3 is 14.6 Å². The van der Waals surface area contributed by atoms with Gasteiger partial charge in [0, 0.05) is 12.6 Å². The van der Waals surface area contributed by atoms with Crippen LogP contribution in [0.3, 0.4) is 0 Å². The van der Waals surface area contributed by atoms with E-state index in [1.165, 1.54) is 41.5 Å². The van der Waals surface area contributed by atoms with Gasteiger partial charge in [0.05, 0.1) is 20.3 Å². The number of methoxy groups -OCH3 is 2. The van der Waals surface area contributed by atoms with Gasteiger partial charge in [-0.1, -0.05) is 12.2 Å². The van der Waals surface area contributed by atoms with Crippen molar-refractivity contribution in [3.63, 3.8) is 0 Å². The maximum atomic E-state index is 9.70. The third-order valence-electron chi connectivity index (χ3n) is 5.76. The second-order valence-electron chi connectivity index (χ2n) is 7.42. The van der Waals surface area contributed by atoms with Gasteiger partial charge in [-0.15, -0.1) is 0 Å². The third kappa shape index (κ3) is 2.97. The highest BCUT2D eigenvalue weighted by molar-refractivity contribution is 5.92. The van der Waals surface area contributed by atoms with Crippen molar-refractivity contribution in [2.24, 2.45) is 0 Å². The van der Waals surface area contributed by atoms with Crippen LogP contribution in [0.4, 0.5) is 0 Å². The van der Waals surface area contributed by atoms with Crippen molar-refractivity contribution < 1.29 is 14.6 Å². The molecule has 26 heavy (non-hydrogen) atoms. The van der Waals surface area contributed by atoms with Crippen LogP contribution in [0.1, 0.15) is 36.5 Å². The number of rotatable bonds is 4.